The van der Waals surface area contributed by atoms with E-state index >= 15 is 0 Å². The Balaban J connectivity index is 1.81. The quantitative estimate of drug-likeness (QED) is 0.666. The van der Waals surface area contributed by atoms with Crippen molar-refractivity contribution >= 4 is 34.3 Å². The Hall–Kier alpha value is -2.74. The van der Waals surface area contributed by atoms with Crippen LogP contribution in [0.3, 0.4) is 0 Å². The average Bonchev–Trinajstić information content (AvgIpc) is 3.13. The van der Waals surface area contributed by atoms with Crippen LogP contribution in [0.4, 0.5) is 5.13 Å². The van der Waals surface area contributed by atoms with Crippen LogP contribution in [0.25, 0.3) is 0 Å². The molecule has 0 unspecified atom stereocenters. The van der Waals surface area contributed by atoms with Gasteiger partial charge in [-0.25, -0.2) is 4.98 Å². The van der Waals surface area contributed by atoms with E-state index in [-0.39, 0.29) is 36.4 Å². The van der Waals surface area contributed by atoms with Crippen molar-refractivity contribution in [2.45, 2.75) is 26.2 Å². The molecule has 8 heteroatoms. The monoisotopic (exact) mass is 389 g/mol. The second-order valence-electron chi connectivity index (χ2n) is 5.85. The lowest BCUT2D eigenvalue weighted by atomic mass is 10.1. The Bertz CT molecular complexity index is 776. The number of rotatable bonds is 9. The maximum Gasteiger partial charge on any atom is 0.307 e. The molecule has 27 heavy (non-hydrogen) atoms. The first-order valence-corrected chi connectivity index (χ1v) is 9.58. The van der Waals surface area contributed by atoms with Crippen LogP contribution in [0.5, 0.6) is 0 Å². The summed E-state index contributed by atoms with van der Waals surface area (Å²) in [5, 5.41) is 4.69. The van der Waals surface area contributed by atoms with Crippen molar-refractivity contribution in [2.75, 3.05) is 25.5 Å². The van der Waals surface area contributed by atoms with Crippen molar-refractivity contribution in [2.24, 2.45) is 0 Å². The van der Waals surface area contributed by atoms with Gasteiger partial charge in [0.1, 0.15) is 5.69 Å². The number of anilines is 1. The maximum absolute atomic E-state index is 12.3. The zero-order valence-electron chi connectivity index (χ0n) is 15.4. The van der Waals surface area contributed by atoms with Gasteiger partial charge < -0.3 is 15.0 Å². The smallest absolute Gasteiger partial charge is 0.307 e. The van der Waals surface area contributed by atoms with Gasteiger partial charge in [-0.3, -0.25) is 14.4 Å². The van der Waals surface area contributed by atoms with Crippen LogP contribution in [-0.4, -0.2) is 47.9 Å². The van der Waals surface area contributed by atoms with Crippen molar-refractivity contribution in [3.63, 3.8) is 0 Å². The number of ether oxygens (including phenoxy) is 1. The van der Waals surface area contributed by atoms with E-state index in [2.05, 4.69) is 10.3 Å². The second-order valence-corrected chi connectivity index (χ2v) is 6.71. The van der Waals surface area contributed by atoms with E-state index in [0.717, 1.165) is 5.56 Å². The fourth-order valence-corrected chi connectivity index (χ4v) is 3.00. The lowest BCUT2D eigenvalue weighted by Gasteiger charge is -2.15. The van der Waals surface area contributed by atoms with Crippen molar-refractivity contribution < 1.29 is 19.1 Å². The Labute approximate surface area is 162 Å². The standard InChI is InChI=1S/C19H23N3O4S/c1-3-26-17(24)11-12-22(2)18(25)15-13-27-19(20-15)21-16(23)10-9-14-7-5-4-6-8-14/h4-8,13H,3,9-12H2,1-2H3,(H,20,21,23). The Kier molecular flexibility index (Phi) is 7.94. The minimum atomic E-state index is -0.346. The third-order valence-corrected chi connectivity index (χ3v) is 4.51. The van der Waals surface area contributed by atoms with Crippen molar-refractivity contribution in [1.29, 1.82) is 0 Å². The topological polar surface area (TPSA) is 88.6 Å². The van der Waals surface area contributed by atoms with Crippen LogP contribution < -0.4 is 5.32 Å². The highest BCUT2D eigenvalue weighted by Gasteiger charge is 2.17. The summed E-state index contributed by atoms with van der Waals surface area (Å²) in [6.45, 7) is 2.29. The van der Waals surface area contributed by atoms with Crippen molar-refractivity contribution in [3.05, 3.63) is 47.0 Å². The van der Waals surface area contributed by atoms with Crippen LogP contribution >= 0.6 is 11.3 Å². The number of amides is 2. The highest BCUT2D eigenvalue weighted by Crippen LogP contribution is 2.17. The number of nitrogens with one attached hydrogen (secondary N) is 1. The molecule has 0 bridgehead atoms. The largest absolute Gasteiger partial charge is 0.466 e. The highest BCUT2D eigenvalue weighted by atomic mass is 32.1. The highest BCUT2D eigenvalue weighted by molar-refractivity contribution is 7.14. The lowest BCUT2D eigenvalue weighted by Crippen LogP contribution is -2.29. The van der Waals surface area contributed by atoms with Crippen molar-refractivity contribution in [3.8, 4) is 0 Å². The summed E-state index contributed by atoms with van der Waals surface area (Å²) in [4.78, 5) is 41.3. The third-order valence-electron chi connectivity index (χ3n) is 3.76. The van der Waals surface area contributed by atoms with E-state index in [9.17, 15) is 14.4 Å². The van der Waals surface area contributed by atoms with Crippen LogP contribution in [-0.2, 0) is 20.7 Å². The van der Waals surface area contributed by atoms with E-state index in [1.54, 1.807) is 19.4 Å². The van der Waals surface area contributed by atoms with Gasteiger partial charge in [0.25, 0.3) is 5.91 Å². The summed E-state index contributed by atoms with van der Waals surface area (Å²) in [7, 11) is 1.60. The number of aryl methyl sites for hydroxylation is 1. The molecule has 0 atom stereocenters. The molecule has 1 aromatic carbocycles. The molecule has 0 aliphatic carbocycles. The van der Waals surface area contributed by atoms with Crippen LogP contribution in [0.2, 0.25) is 0 Å². The third kappa shape index (κ3) is 6.82. The molecule has 0 radical (unpaired) electrons. The molecule has 1 aromatic heterocycles. The zero-order chi connectivity index (χ0) is 19.6. The predicted octanol–water partition coefficient (Wildman–Crippen LogP) is 2.74. The van der Waals surface area contributed by atoms with Gasteiger partial charge in [0.15, 0.2) is 5.13 Å². The maximum atomic E-state index is 12.3. The van der Waals surface area contributed by atoms with E-state index < -0.39 is 0 Å². The molecule has 0 aliphatic rings. The number of carbonyl (C=O) groups excluding carboxylic acids is 3. The molecule has 2 amide bonds. The Morgan fingerprint density at radius 3 is 2.63 bits per heavy atom. The first-order valence-electron chi connectivity index (χ1n) is 8.70. The van der Waals surface area contributed by atoms with Gasteiger partial charge in [0.2, 0.25) is 5.91 Å². The Morgan fingerprint density at radius 1 is 1.19 bits per heavy atom. The van der Waals surface area contributed by atoms with Gasteiger partial charge in [0.05, 0.1) is 13.0 Å². The number of hydrogen-bond donors (Lipinski definition) is 1. The summed E-state index contributed by atoms with van der Waals surface area (Å²) in [6, 6.07) is 9.75. The number of aromatic nitrogens is 1. The summed E-state index contributed by atoms with van der Waals surface area (Å²) in [6.07, 6.45) is 1.11. The molecule has 144 valence electrons. The van der Waals surface area contributed by atoms with Crippen LogP contribution in [0.1, 0.15) is 35.8 Å². The van der Waals surface area contributed by atoms with E-state index in [4.69, 9.17) is 4.74 Å². The molecule has 0 saturated heterocycles. The molecule has 1 heterocycles. The van der Waals surface area contributed by atoms with E-state index in [1.807, 2.05) is 30.3 Å². The van der Waals surface area contributed by atoms with E-state index in [1.165, 1.54) is 16.2 Å². The minimum Gasteiger partial charge on any atom is -0.466 e. The van der Waals surface area contributed by atoms with E-state index in [0.29, 0.717) is 24.6 Å². The molecule has 2 aromatic rings. The molecular formula is C19H23N3O4S. The number of nitrogens with zero attached hydrogens (tertiary/aromatic N) is 2. The SMILES string of the molecule is CCOC(=O)CCN(C)C(=O)c1csc(NC(=O)CCc2ccccc2)n1. The van der Waals surface area contributed by atoms with Crippen LogP contribution in [0, 0.1) is 0 Å². The number of carbonyl (C=O) groups is 3. The average molecular weight is 389 g/mol. The summed E-state index contributed by atoms with van der Waals surface area (Å²) in [5.74, 6) is -0.801. The molecular weight excluding hydrogens is 366 g/mol. The van der Waals surface area contributed by atoms with Crippen LogP contribution in [0.15, 0.2) is 35.7 Å². The molecule has 0 spiro atoms. The molecule has 0 saturated carbocycles. The number of thiazole rings is 1. The summed E-state index contributed by atoms with van der Waals surface area (Å²) >= 11 is 1.20. The normalized spacial score (nSPS) is 10.3. The number of benzene rings is 1. The molecule has 1 N–H and O–H groups in total. The first kappa shape index (κ1) is 20.6. The zero-order valence-corrected chi connectivity index (χ0v) is 16.3. The summed E-state index contributed by atoms with van der Waals surface area (Å²) < 4.78 is 4.84. The molecule has 7 nitrogen and oxygen atoms in total. The molecule has 0 fully saturated rings. The lowest BCUT2D eigenvalue weighted by molar-refractivity contribution is -0.143. The molecule has 0 aliphatic heterocycles. The van der Waals surface area contributed by atoms with Gasteiger partial charge >= 0.3 is 5.97 Å². The van der Waals surface area contributed by atoms with Gasteiger partial charge in [-0.1, -0.05) is 30.3 Å². The van der Waals surface area contributed by atoms with Gasteiger partial charge in [-0.2, -0.15) is 0 Å². The first-order chi connectivity index (χ1) is 13.0. The summed E-state index contributed by atoms with van der Waals surface area (Å²) in [5.41, 5.74) is 1.33. The fourth-order valence-electron chi connectivity index (χ4n) is 2.30. The Morgan fingerprint density at radius 2 is 1.93 bits per heavy atom. The van der Waals surface area contributed by atoms with Crippen molar-refractivity contribution in [1.82, 2.24) is 9.88 Å². The van der Waals surface area contributed by atoms with Gasteiger partial charge in [-0.05, 0) is 18.9 Å². The number of esters is 1. The molecule has 2 rings (SSSR count). The number of hydrogen-bond acceptors (Lipinski definition) is 6. The van der Waals surface area contributed by atoms with Gasteiger partial charge in [0, 0.05) is 25.4 Å². The minimum absolute atomic E-state index is 0.128. The second kappa shape index (κ2) is 10.4. The predicted molar refractivity (Wildman–Crippen MR) is 104 cm³/mol. The van der Waals surface area contributed by atoms with Gasteiger partial charge in [-0.15, -0.1) is 11.3 Å². The fraction of sp³-hybridized carbons (Fsp3) is 0.368.